The summed E-state index contributed by atoms with van der Waals surface area (Å²) in [7, 11) is 1.86. The lowest BCUT2D eigenvalue weighted by Crippen LogP contribution is -2.07. The first-order chi connectivity index (χ1) is 9.67. The van der Waals surface area contributed by atoms with Crippen molar-refractivity contribution in [3.63, 3.8) is 0 Å². The number of nitrogens with zero attached hydrogens (tertiary/aromatic N) is 5. The molecule has 2 aromatic heterocycles. The van der Waals surface area contributed by atoms with E-state index >= 15 is 0 Å². The number of alkyl halides is 1. The van der Waals surface area contributed by atoms with Crippen molar-refractivity contribution in [3.8, 4) is 0 Å². The zero-order valence-corrected chi connectivity index (χ0v) is 13.3. The summed E-state index contributed by atoms with van der Waals surface area (Å²) in [4.78, 5) is 8.92. The highest BCUT2D eigenvalue weighted by Crippen LogP contribution is 2.22. The van der Waals surface area contributed by atoms with Gasteiger partial charge >= 0.3 is 0 Å². The average Bonchev–Trinajstić information content (AvgIpc) is 2.96. The van der Waals surface area contributed by atoms with E-state index in [1.807, 2.05) is 19.2 Å². The molecule has 0 saturated heterocycles. The molecule has 3 rings (SSSR count). The van der Waals surface area contributed by atoms with Crippen LogP contribution in [-0.4, -0.2) is 30.2 Å². The standard InChI is InChI=1S/C13H13BrClN5/c1-19-8-16-12(18-19)7-20-11-6-9(14)2-3-10(11)17-13(20)4-5-15/h2-3,6,8H,4-5,7H2,1H3. The summed E-state index contributed by atoms with van der Waals surface area (Å²) in [6.07, 6.45) is 2.42. The van der Waals surface area contributed by atoms with Crippen molar-refractivity contribution >= 4 is 38.6 Å². The molecule has 104 valence electrons. The molecule has 0 unspecified atom stereocenters. The van der Waals surface area contributed by atoms with Crippen molar-refractivity contribution in [2.45, 2.75) is 13.0 Å². The Morgan fingerprint density at radius 3 is 2.90 bits per heavy atom. The monoisotopic (exact) mass is 353 g/mol. The summed E-state index contributed by atoms with van der Waals surface area (Å²) < 4.78 is 4.85. The Morgan fingerprint density at radius 1 is 1.35 bits per heavy atom. The van der Waals surface area contributed by atoms with Crippen LogP contribution in [-0.2, 0) is 20.0 Å². The normalized spacial score (nSPS) is 11.3. The number of aryl methyl sites for hydroxylation is 2. The second-order valence-electron chi connectivity index (χ2n) is 4.52. The van der Waals surface area contributed by atoms with Gasteiger partial charge in [-0.05, 0) is 18.2 Å². The summed E-state index contributed by atoms with van der Waals surface area (Å²) in [5.41, 5.74) is 2.02. The van der Waals surface area contributed by atoms with E-state index < -0.39 is 0 Å². The van der Waals surface area contributed by atoms with Crippen molar-refractivity contribution in [2.75, 3.05) is 5.88 Å². The molecule has 0 spiro atoms. The van der Waals surface area contributed by atoms with Gasteiger partial charge < -0.3 is 4.57 Å². The van der Waals surface area contributed by atoms with Gasteiger partial charge in [0.15, 0.2) is 5.82 Å². The Morgan fingerprint density at radius 2 is 2.20 bits per heavy atom. The lowest BCUT2D eigenvalue weighted by atomic mass is 10.3. The topological polar surface area (TPSA) is 48.5 Å². The molecule has 0 atom stereocenters. The molecule has 0 saturated carbocycles. The number of hydrogen-bond donors (Lipinski definition) is 0. The summed E-state index contributed by atoms with van der Waals surface area (Å²) in [6, 6.07) is 6.05. The molecular weight excluding hydrogens is 342 g/mol. The van der Waals surface area contributed by atoms with Gasteiger partial charge in [0.2, 0.25) is 0 Å². The molecule has 0 fully saturated rings. The van der Waals surface area contributed by atoms with Crippen LogP contribution in [0.5, 0.6) is 0 Å². The van der Waals surface area contributed by atoms with Crippen LogP contribution in [0.3, 0.4) is 0 Å². The molecule has 7 heteroatoms. The molecule has 20 heavy (non-hydrogen) atoms. The van der Waals surface area contributed by atoms with E-state index in [2.05, 4.69) is 41.6 Å². The third-order valence-electron chi connectivity index (χ3n) is 3.05. The molecule has 0 aliphatic carbocycles. The zero-order chi connectivity index (χ0) is 14.1. The van der Waals surface area contributed by atoms with Gasteiger partial charge in [0.05, 0.1) is 17.6 Å². The summed E-state index contributed by atoms with van der Waals surface area (Å²) in [5.74, 6) is 2.27. The predicted molar refractivity (Wildman–Crippen MR) is 82.0 cm³/mol. The van der Waals surface area contributed by atoms with Crippen LogP contribution in [0.15, 0.2) is 29.0 Å². The minimum absolute atomic E-state index is 0.542. The number of aromatic nitrogens is 5. The van der Waals surface area contributed by atoms with Crippen LogP contribution in [0.2, 0.25) is 0 Å². The summed E-state index contributed by atoms with van der Waals surface area (Å²) in [6.45, 7) is 0.597. The van der Waals surface area contributed by atoms with E-state index in [1.165, 1.54) is 0 Å². The van der Waals surface area contributed by atoms with Crippen LogP contribution in [0.25, 0.3) is 11.0 Å². The number of halogens is 2. The predicted octanol–water partition coefficient (Wildman–Crippen LogP) is 2.76. The van der Waals surface area contributed by atoms with Gasteiger partial charge in [-0.15, -0.1) is 11.6 Å². The lowest BCUT2D eigenvalue weighted by molar-refractivity contribution is 0.688. The van der Waals surface area contributed by atoms with Crippen LogP contribution in [0, 0.1) is 0 Å². The first-order valence-electron chi connectivity index (χ1n) is 6.22. The molecule has 0 amide bonds. The SMILES string of the molecule is Cn1cnc(Cn2c(CCCl)nc3ccc(Br)cc32)n1. The molecule has 0 radical (unpaired) electrons. The van der Waals surface area contributed by atoms with Gasteiger partial charge in [-0.2, -0.15) is 5.10 Å². The zero-order valence-electron chi connectivity index (χ0n) is 10.9. The highest BCUT2D eigenvalue weighted by molar-refractivity contribution is 9.10. The summed E-state index contributed by atoms with van der Waals surface area (Å²) >= 11 is 9.38. The quantitative estimate of drug-likeness (QED) is 0.677. The molecule has 0 aliphatic rings. The lowest BCUT2D eigenvalue weighted by Gasteiger charge is -2.06. The van der Waals surface area contributed by atoms with Crippen molar-refractivity contribution in [3.05, 3.63) is 40.6 Å². The minimum atomic E-state index is 0.542. The summed E-state index contributed by atoms with van der Waals surface area (Å²) in [5, 5.41) is 4.33. The Hall–Kier alpha value is -1.40. The highest BCUT2D eigenvalue weighted by Gasteiger charge is 2.12. The van der Waals surface area contributed by atoms with Crippen molar-refractivity contribution in [1.29, 1.82) is 0 Å². The molecule has 0 N–H and O–H groups in total. The number of benzene rings is 1. The maximum absolute atomic E-state index is 5.88. The molecule has 1 aromatic carbocycles. The molecule has 5 nitrogen and oxygen atoms in total. The Balaban J connectivity index is 2.09. The van der Waals surface area contributed by atoms with Crippen molar-refractivity contribution in [1.82, 2.24) is 24.3 Å². The Bertz CT molecular complexity index is 748. The largest absolute Gasteiger partial charge is 0.320 e. The Labute approximate surface area is 129 Å². The third-order valence-corrected chi connectivity index (χ3v) is 3.74. The highest BCUT2D eigenvalue weighted by atomic mass is 79.9. The molecule has 2 heterocycles. The fraction of sp³-hybridized carbons (Fsp3) is 0.308. The molecular formula is C13H13BrClN5. The fourth-order valence-corrected chi connectivity index (χ4v) is 2.71. The van der Waals surface area contributed by atoms with Gasteiger partial charge in [0.1, 0.15) is 12.2 Å². The van der Waals surface area contributed by atoms with E-state index in [4.69, 9.17) is 11.6 Å². The molecule has 0 bridgehead atoms. The fourth-order valence-electron chi connectivity index (χ4n) is 2.20. The molecule has 3 aromatic rings. The number of rotatable bonds is 4. The van der Waals surface area contributed by atoms with Crippen LogP contribution >= 0.6 is 27.5 Å². The van der Waals surface area contributed by atoms with E-state index in [1.54, 1.807) is 11.0 Å². The van der Waals surface area contributed by atoms with E-state index in [0.717, 1.165) is 33.6 Å². The number of imidazole rings is 1. The van der Waals surface area contributed by atoms with Gasteiger partial charge in [0.25, 0.3) is 0 Å². The van der Waals surface area contributed by atoms with Crippen molar-refractivity contribution < 1.29 is 0 Å². The third kappa shape index (κ3) is 2.58. The van der Waals surface area contributed by atoms with Crippen molar-refractivity contribution in [2.24, 2.45) is 7.05 Å². The smallest absolute Gasteiger partial charge is 0.170 e. The Kier molecular flexibility index (Phi) is 3.76. The van der Waals surface area contributed by atoms with Gasteiger partial charge in [-0.25, -0.2) is 9.97 Å². The van der Waals surface area contributed by atoms with Gasteiger partial charge in [-0.3, -0.25) is 4.68 Å². The van der Waals surface area contributed by atoms with Crippen LogP contribution in [0.4, 0.5) is 0 Å². The van der Waals surface area contributed by atoms with Crippen LogP contribution < -0.4 is 0 Å². The van der Waals surface area contributed by atoms with E-state index in [-0.39, 0.29) is 0 Å². The van der Waals surface area contributed by atoms with Gasteiger partial charge in [-0.1, -0.05) is 15.9 Å². The van der Waals surface area contributed by atoms with E-state index in [9.17, 15) is 0 Å². The maximum Gasteiger partial charge on any atom is 0.170 e. The maximum atomic E-state index is 5.88. The molecule has 0 aliphatic heterocycles. The van der Waals surface area contributed by atoms with E-state index in [0.29, 0.717) is 12.4 Å². The first-order valence-corrected chi connectivity index (χ1v) is 7.55. The minimum Gasteiger partial charge on any atom is -0.320 e. The van der Waals surface area contributed by atoms with Gasteiger partial charge in [0, 0.05) is 23.8 Å². The average molecular weight is 355 g/mol. The second-order valence-corrected chi connectivity index (χ2v) is 5.81. The number of fused-ring (bicyclic) bond motifs is 1. The second kappa shape index (κ2) is 5.54. The number of hydrogen-bond acceptors (Lipinski definition) is 3. The first kappa shape index (κ1) is 13.6. The van der Waals surface area contributed by atoms with Crippen LogP contribution in [0.1, 0.15) is 11.6 Å².